The van der Waals surface area contributed by atoms with E-state index in [1.807, 2.05) is 0 Å². The van der Waals surface area contributed by atoms with E-state index in [0.717, 1.165) is 6.07 Å². The number of thiocarbonyl (C=S) groups is 1. The SMILES string of the molecule is CC1(c2cccc(F)c2F)NC(=S)NC1=O. The van der Waals surface area contributed by atoms with Crippen molar-refractivity contribution < 1.29 is 13.6 Å². The summed E-state index contributed by atoms with van der Waals surface area (Å²) in [5, 5.41) is 5.08. The smallest absolute Gasteiger partial charge is 0.256 e. The van der Waals surface area contributed by atoms with E-state index in [1.54, 1.807) is 0 Å². The van der Waals surface area contributed by atoms with Crippen LogP contribution in [0.25, 0.3) is 0 Å². The van der Waals surface area contributed by atoms with Gasteiger partial charge in [-0.3, -0.25) is 4.79 Å². The number of rotatable bonds is 1. The van der Waals surface area contributed by atoms with Crippen LogP contribution in [0.15, 0.2) is 18.2 Å². The lowest BCUT2D eigenvalue weighted by atomic mass is 9.92. The van der Waals surface area contributed by atoms with Crippen LogP contribution in [0, 0.1) is 11.6 Å². The van der Waals surface area contributed by atoms with Crippen molar-refractivity contribution in [2.45, 2.75) is 12.5 Å². The zero-order chi connectivity index (χ0) is 11.9. The molecule has 1 saturated heterocycles. The number of halogens is 2. The molecule has 1 aromatic rings. The highest BCUT2D eigenvalue weighted by Crippen LogP contribution is 2.27. The molecule has 2 N–H and O–H groups in total. The second-order valence-corrected chi connectivity index (χ2v) is 4.04. The number of carbonyl (C=O) groups is 1. The number of benzene rings is 1. The van der Waals surface area contributed by atoms with E-state index < -0.39 is 23.1 Å². The Balaban J connectivity index is 2.56. The first kappa shape index (κ1) is 10.9. The highest BCUT2D eigenvalue weighted by Gasteiger charge is 2.43. The molecule has 0 radical (unpaired) electrons. The standard InChI is InChI=1S/C10H8F2N2OS/c1-10(8(15)13-9(16)14-10)5-3-2-4-6(11)7(5)12/h2-4H,1H3,(H2,13,14,15,16). The second-order valence-electron chi connectivity index (χ2n) is 3.63. The van der Waals surface area contributed by atoms with Gasteiger partial charge in [0.2, 0.25) is 0 Å². The Kier molecular flexibility index (Phi) is 2.38. The summed E-state index contributed by atoms with van der Waals surface area (Å²) in [6.07, 6.45) is 0. The Morgan fingerprint density at radius 3 is 2.62 bits per heavy atom. The molecule has 2 rings (SSSR count). The van der Waals surface area contributed by atoms with Gasteiger partial charge in [-0.25, -0.2) is 8.78 Å². The van der Waals surface area contributed by atoms with Gasteiger partial charge in [0.25, 0.3) is 5.91 Å². The van der Waals surface area contributed by atoms with Crippen molar-refractivity contribution in [2.24, 2.45) is 0 Å². The molecule has 0 saturated carbocycles. The van der Waals surface area contributed by atoms with E-state index in [2.05, 4.69) is 10.6 Å². The highest BCUT2D eigenvalue weighted by atomic mass is 32.1. The average Bonchev–Trinajstić information content (AvgIpc) is 2.46. The van der Waals surface area contributed by atoms with Crippen molar-refractivity contribution in [1.29, 1.82) is 0 Å². The van der Waals surface area contributed by atoms with Crippen LogP contribution in [-0.2, 0) is 10.3 Å². The lowest BCUT2D eigenvalue weighted by molar-refractivity contribution is -0.123. The van der Waals surface area contributed by atoms with Gasteiger partial charge in [0.15, 0.2) is 16.7 Å². The first-order chi connectivity index (χ1) is 7.45. The van der Waals surface area contributed by atoms with Gasteiger partial charge in [0, 0.05) is 5.56 Å². The Morgan fingerprint density at radius 1 is 1.38 bits per heavy atom. The number of hydrogen-bond donors (Lipinski definition) is 2. The summed E-state index contributed by atoms with van der Waals surface area (Å²) >= 11 is 4.76. The molecular weight excluding hydrogens is 234 g/mol. The Hall–Kier alpha value is -1.56. The van der Waals surface area contributed by atoms with Crippen LogP contribution in [0.4, 0.5) is 8.78 Å². The quantitative estimate of drug-likeness (QED) is 0.727. The normalized spacial score (nSPS) is 24.2. The van der Waals surface area contributed by atoms with Crippen molar-refractivity contribution in [3.8, 4) is 0 Å². The molecule has 6 heteroatoms. The van der Waals surface area contributed by atoms with Gasteiger partial charge in [-0.15, -0.1) is 0 Å². The molecule has 1 unspecified atom stereocenters. The van der Waals surface area contributed by atoms with Crippen LogP contribution < -0.4 is 10.6 Å². The molecule has 16 heavy (non-hydrogen) atoms. The van der Waals surface area contributed by atoms with Crippen LogP contribution in [-0.4, -0.2) is 11.0 Å². The first-order valence-electron chi connectivity index (χ1n) is 4.53. The number of hydrogen-bond acceptors (Lipinski definition) is 2. The number of carbonyl (C=O) groups excluding carboxylic acids is 1. The molecular formula is C10H8F2N2OS. The van der Waals surface area contributed by atoms with E-state index >= 15 is 0 Å². The van der Waals surface area contributed by atoms with E-state index in [4.69, 9.17) is 12.2 Å². The fraction of sp³-hybridized carbons (Fsp3) is 0.200. The molecule has 1 fully saturated rings. The van der Waals surface area contributed by atoms with Gasteiger partial charge in [0.1, 0.15) is 5.54 Å². The third kappa shape index (κ3) is 1.46. The summed E-state index contributed by atoms with van der Waals surface area (Å²) in [6.45, 7) is 1.44. The predicted molar refractivity (Wildman–Crippen MR) is 57.6 cm³/mol. The van der Waals surface area contributed by atoms with Crippen LogP contribution in [0.3, 0.4) is 0 Å². The van der Waals surface area contributed by atoms with Gasteiger partial charge in [0.05, 0.1) is 0 Å². The van der Waals surface area contributed by atoms with Crippen molar-refractivity contribution in [3.05, 3.63) is 35.4 Å². The molecule has 1 aliphatic rings. The molecule has 1 atom stereocenters. The largest absolute Gasteiger partial charge is 0.345 e. The molecule has 1 heterocycles. The second kappa shape index (κ2) is 3.48. The molecule has 0 aromatic heterocycles. The fourth-order valence-electron chi connectivity index (χ4n) is 1.62. The predicted octanol–water partition coefficient (Wildman–Crippen LogP) is 1.18. The minimum absolute atomic E-state index is 0.0650. The lowest BCUT2D eigenvalue weighted by Crippen LogP contribution is -2.41. The third-order valence-corrected chi connectivity index (χ3v) is 2.74. The summed E-state index contributed by atoms with van der Waals surface area (Å²) in [5.41, 5.74) is -1.42. The van der Waals surface area contributed by atoms with E-state index in [9.17, 15) is 13.6 Å². The molecule has 1 amide bonds. The zero-order valence-electron chi connectivity index (χ0n) is 8.30. The first-order valence-corrected chi connectivity index (χ1v) is 4.94. The van der Waals surface area contributed by atoms with Gasteiger partial charge < -0.3 is 10.6 Å². The van der Waals surface area contributed by atoms with Crippen LogP contribution >= 0.6 is 12.2 Å². The maximum Gasteiger partial charge on any atom is 0.256 e. The van der Waals surface area contributed by atoms with E-state index in [0.29, 0.717) is 0 Å². The fourth-order valence-corrected chi connectivity index (χ4v) is 1.92. The van der Waals surface area contributed by atoms with Crippen LogP contribution in [0.5, 0.6) is 0 Å². The summed E-state index contributed by atoms with van der Waals surface area (Å²) in [5.74, 6) is -2.54. The Morgan fingerprint density at radius 2 is 2.06 bits per heavy atom. The molecule has 84 valence electrons. The van der Waals surface area contributed by atoms with Gasteiger partial charge in [-0.05, 0) is 25.2 Å². The Bertz CT molecular complexity index is 492. The summed E-state index contributed by atoms with van der Waals surface area (Å²) in [4.78, 5) is 11.6. The molecule has 1 aliphatic heterocycles. The maximum absolute atomic E-state index is 13.6. The zero-order valence-corrected chi connectivity index (χ0v) is 9.12. The molecule has 0 bridgehead atoms. The van der Waals surface area contributed by atoms with E-state index in [1.165, 1.54) is 19.1 Å². The topological polar surface area (TPSA) is 41.1 Å². The van der Waals surface area contributed by atoms with E-state index in [-0.39, 0.29) is 10.7 Å². The molecule has 0 aliphatic carbocycles. The van der Waals surface area contributed by atoms with Gasteiger partial charge in [-0.2, -0.15) is 0 Å². The van der Waals surface area contributed by atoms with Crippen molar-refractivity contribution in [1.82, 2.24) is 10.6 Å². The number of amides is 1. The minimum Gasteiger partial charge on any atom is -0.345 e. The summed E-state index contributed by atoms with van der Waals surface area (Å²) < 4.78 is 26.6. The molecule has 0 spiro atoms. The minimum atomic E-state index is -1.36. The summed E-state index contributed by atoms with van der Waals surface area (Å²) in [7, 11) is 0. The van der Waals surface area contributed by atoms with Gasteiger partial charge in [-0.1, -0.05) is 12.1 Å². The van der Waals surface area contributed by atoms with Crippen molar-refractivity contribution in [2.75, 3.05) is 0 Å². The molecule has 3 nitrogen and oxygen atoms in total. The lowest BCUT2D eigenvalue weighted by Gasteiger charge is -2.22. The average molecular weight is 242 g/mol. The van der Waals surface area contributed by atoms with Crippen molar-refractivity contribution >= 4 is 23.2 Å². The Labute approximate surface area is 95.8 Å². The van der Waals surface area contributed by atoms with Crippen LogP contribution in [0.2, 0.25) is 0 Å². The highest BCUT2D eigenvalue weighted by molar-refractivity contribution is 7.80. The number of nitrogens with one attached hydrogen (secondary N) is 2. The third-order valence-electron chi connectivity index (χ3n) is 2.53. The van der Waals surface area contributed by atoms with Crippen LogP contribution in [0.1, 0.15) is 12.5 Å². The maximum atomic E-state index is 13.6. The van der Waals surface area contributed by atoms with Crippen molar-refractivity contribution in [3.63, 3.8) is 0 Å². The van der Waals surface area contributed by atoms with Gasteiger partial charge >= 0.3 is 0 Å². The monoisotopic (exact) mass is 242 g/mol. The molecule has 1 aromatic carbocycles. The summed E-state index contributed by atoms with van der Waals surface area (Å²) in [6, 6.07) is 3.68.